The van der Waals surface area contributed by atoms with Gasteiger partial charge in [-0.1, -0.05) is 41.4 Å². The van der Waals surface area contributed by atoms with Crippen molar-refractivity contribution < 1.29 is 23.7 Å². The molecule has 5 nitrogen and oxygen atoms in total. The molecule has 0 amide bonds. The van der Waals surface area contributed by atoms with Crippen LogP contribution in [0.1, 0.15) is 21.5 Å². The van der Waals surface area contributed by atoms with Crippen molar-refractivity contribution in [2.75, 3.05) is 13.9 Å². The van der Waals surface area contributed by atoms with Crippen LogP contribution >= 0.6 is 23.2 Å². The minimum absolute atomic E-state index is 0.141. The summed E-state index contributed by atoms with van der Waals surface area (Å²) in [5.74, 6) is 2.22. The summed E-state index contributed by atoms with van der Waals surface area (Å²) in [6.07, 6.45) is 3.25. The second-order valence-corrected chi connectivity index (χ2v) is 7.46. The van der Waals surface area contributed by atoms with E-state index in [2.05, 4.69) is 0 Å². The molecule has 0 aliphatic carbocycles. The number of carbonyl (C=O) groups is 1. The quantitative estimate of drug-likeness (QED) is 0.312. The largest absolute Gasteiger partial charge is 0.496 e. The van der Waals surface area contributed by atoms with E-state index in [0.717, 1.165) is 11.1 Å². The molecule has 0 saturated heterocycles. The van der Waals surface area contributed by atoms with Crippen LogP contribution in [0.25, 0.3) is 6.08 Å². The van der Waals surface area contributed by atoms with Crippen molar-refractivity contribution >= 4 is 35.1 Å². The van der Waals surface area contributed by atoms with Gasteiger partial charge in [-0.3, -0.25) is 4.79 Å². The van der Waals surface area contributed by atoms with E-state index in [9.17, 15) is 4.79 Å². The van der Waals surface area contributed by atoms with E-state index in [-0.39, 0.29) is 19.2 Å². The first-order chi connectivity index (χ1) is 15.0. The van der Waals surface area contributed by atoms with Crippen molar-refractivity contribution in [1.82, 2.24) is 0 Å². The van der Waals surface area contributed by atoms with E-state index in [4.69, 9.17) is 42.1 Å². The van der Waals surface area contributed by atoms with Crippen LogP contribution < -0.4 is 18.9 Å². The number of halogens is 2. The molecule has 1 aliphatic rings. The smallest absolute Gasteiger partial charge is 0.231 e. The van der Waals surface area contributed by atoms with E-state index >= 15 is 0 Å². The van der Waals surface area contributed by atoms with Crippen LogP contribution in [0.2, 0.25) is 10.0 Å². The zero-order valence-electron chi connectivity index (χ0n) is 16.6. The zero-order valence-corrected chi connectivity index (χ0v) is 18.1. The van der Waals surface area contributed by atoms with Gasteiger partial charge in [0.1, 0.15) is 23.1 Å². The summed E-state index contributed by atoms with van der Waals surface area (Å²) in [7, 11) is 1.59. The van der Waals surface area contributed by atoms with Crippen LogP contribution in [0.3, 0.4) is 0 Å². The molecule has 7 heteroatoms. The molecule has 0 spiro atoms. The first-order valence-corrected chi connectivity index (χ1v) is 10.2. The molecular formula is C24H18Cl2O5. The zero-order chi connectivity index (χ0) is 21.8. The highest BCUT2D eigenvalue weighted by Gasteiger charge is 2.15. The maximum absolute atomic E-state index is 12.5. The summed E-state index contributed by atoms with van der Waals surface area (Å²) >= 11 is 12.2. The Hall–Kier alpha value is -3.15. The van der Waals surface area contributed by atoms with Crippen molar-refractivity contribution in [3.05, 3.63) is 87.4 Å². The number of allylic oxidation sites excluding steroid dienone is 1. The normalized spacial score (nSPS) is 12.2. The second-order valence-electron chi connectivity index (χ2n) is 6.68. The minimum Gasteiger partial charge on any atom is -0.496 e. The van der Waals surface area contributed by atoms with Gasteiger partial charge >= 0.3 is 0 Å². The Morgan fingerprint density at radius 2 is 1.87 bits per heavy atom. The number of hydrogen-bond donors (Lipinski definition) is 0. The van der Waals surface area contributed by atoms with Gasteiger partial charge < -0.3 is 18.9 Å². The molecule has 3 aromatic rings. The van der Waals surface area contributed by atoms with Crippen molar-refractivity contribution in [2.45, 2.75) is 6.61 Å². The number of benzene rings is 3. The lowest BCUT2D eigenvalue weighted by molar-refractivity contribution is 0.104. The number of methoxy groups -OCH3 is 1. The lowest BCUT2D eigenvalue weighted by atomic mass is 10.1. The first-order valence-electron chi connectivity index (χ1n) is 9.41. The summed E-state index contributed by atoms with van der Waals surface area (Å²) < 4.78 is 21.9. The Kier molecular flexibility index (Phi) is 6.35. The Balaban J connectivity index is 1.50. The number of fused-ring (bicyclic) bond motifs is 1. The fourth-order valence-corrected chi connectivity index (χ4v) is 3.43. The molecule has 0 N–H and O–H groups in total. The van der Waals surface area contributed by atoms with Crippen LogP contribution in [-0.4, -0.2) is 19.7 Å². The van der Waals surface area contributed by atoms with Gasteiger partial charge in [0.15, 0.2) is 17.3 Å². The highest BCUT2D eigenvalue weighted by Crippen LogP contribution is 2.34. The van der Waals surface area contributed by atoms with E-state index in [1.165, 1.54) is 6.08 Å². The van der Waals surface area contributed by atoms with Crippen LogP contribution in [0.4, 0.5) is 0 Å². The Labute approximate surface area is 189 Å². The predicted octanol–water partition coefficient (Wildman–Crippen LogP) is 6.21. The van der Waals surface area contributed by atoms with Gasteiger partial charge in [0, 0.05) is 11.1 Å². The molecular weight excluding hydrogens is 439 g/mol. The van der Waals surface area contributed by atoms with Gasteiger partial charge in [0.2, 0.25) is 6.79 Å². The first kappa shape index (κ1) is 21.1. The van der Waals surface area contributed by atoms with E-state index in [1.54, 1.807) is 49.6 Å². The third-order valence-corrected chi connectivity index (χ3v) is 5.49. The predicted molar refractivity (Wildman–Crippen MR) is 120 cm³/mol. The number of rotatable bonds is 7. The van der Waals surface area contributed by atoms with Gasteiger partial charge in [-0.15, -0.1) is 0 Å². The SMILES string of the molecule is COc1ccc(/C=C/C(=O)c2ccc3c(c2)OCO3)cc1COc1cccc(Cl)c1Cl. The third kappa shape index (κ3) is 4.79. The molecule has 0 bridgehead atoms. The van der Waals surface area contributed by atoms with E-state index in [1.807, 2.05) is 18.2 Å². The number of ketones is 1. The Bertz CT molecular complexity index is 1160. The van der Waals surface area contributed by atoms with Crippen molar-refractivity contribution in [1.29, 1.82) is 0 Å². The summed E-state index contributed by atoms with van der Waals surface area (Å²) in [6.45, 7) is 0.390. The number of hydrogen-bond acceptors (Lipinski definition) is 5. The molecule has 0 atom stereocenters. The highest BCUT2D eigenvalue weighted by molar-refractivity contribution is 6.42. The molecule has 158 valence electrons. The molecule has 31 heavy (non-hydrogen) atoms. The Morgan fingerprint density at radius 1 is 1.03 bits per heavy atom. The highest BCUT2D eigenvalue weighted by atomic mass is 35.5. The van der Waals surface area contributed by atoms with E-state index in [0.29, 0.717) is 38.6 Å². The van der Waals surface area contributed by atoms with Crippen LogP contribution in [-0.2, 0) is 6.61 Å². The average Bonchev–Trinajstić information content (AvgIpc) is 3.26. The molecule has 0 fully saturated rings. The standard InChI is InChI=1S/C24H18Cl2O5/c1-28-20-9-6-15(11-17(20)13-29-22-4-2-3-18(25)24(22)26)5-8-19(27)16-7-10-21-23(12-16)31-14-30-21/h2-12H,13-14H2,1H3/b8-5+. The molecule has 1 heterocycles. The summed E-state index contributed by atoms with van der Waals surface area (Å²) in [5.41, 5.74) is 2.15. The van der Waals surface area contributed by atoms with Gasteiger partial charge in [-0.2, -0.15) is 0 Å². The minimum atomic E-state index is -0.141. The molecule has 1 aliphatic heterocycles. The monoisotopic (exact) mass is 456 g/mol. The second kappa shape index (κ2) is 9.33. The Morgan fingerprint density at radius 3 is 2.71 bits per heavy atom. The maximum atomic E-state index is 12.5. The van der Waals surface area contributed by atoms with Crippen molar-refractivity contribution in [2.24, 2.45) is 0 Å². The molecule has 0 unspecified atom stereocenters. The van der Waals surface area contributed by atoms with Crippen LogP contribution in [0.5, 0.6) is 23.0 Å². The maximum Gasteiger partial charge on any atom is 0.231 e. The lowest BCUT2D eigenvalue weighted by Gasteiger charge is -2.12. The lowest BCUT2D eigenvalue weighted by Crippen LogP contribution is -2.00. The molecule has 0 saturated carbocycles. The fourth-order valence-electron chi connectivity index (χ4n) is 3.08. The summed E-state index contributed by atoms with van der Waals surface area (Å²) in [6, 6.07) is 15.9. The molecule has 0 radical (unpaired) electrons. The fraction of sp³-hybridized carbons (Fsp3) is 0.125. The summed E-state index contributed by atoms with van der Waals surface area (Å²) in [5, 5.41) is 0.776. The number of carbonyl (C=O) groups excluding carboxylic acids is 1. The van der Waals surface area contributed by atoms with Gasteiger partial charge in [0.05, 0.1) is 12.1 Å². The van der Waals surface area contributed by atoms with Gasteiger partial charge in [0.25, 0.3) is 0 Å². The molecule has 3 aromatic carbocycles. The van der Waals surface area contributed by atoms with E-state index < -0.39 is 0 Å². The molecule has 4 rings (SSSR count). The van der Waals surface area contributed by atoms with Crippen LogP contribution in [0.15, 0.2) is 60.7 Å². The molecule has 0 aromatic heterocycles. The van der Waals surface area contributed by atoms with Crippen molar-refractivity contribution in [3.8, 4) is 23.0 Å². The number of ether oxygens (including phenoxy) is 4. The van der Waals surface area contributed by atoms with Gasteiger partial charge in [-0.25, -0.2) is 0 Å². The van der Waals surface area contributed by atoms with Crippen LogP contribution in [0, 0.1) is 0 Å². The topological polar surface area (TPSA) is 54.0 Å². The summed E-state index contributed by atoms with van der Waals surface area (Å²) in [4.78, 5) is 12.5. The third-order valence-electron chi connectivity index (χ3n) is 4.69. The van der Waals surface area contributed by atoms with Crippen molar-refractivity contribution in [3.63, 3.8) is 0 Å². The van der Waals surface area contributed by atoms with Gasteiger partial charge in [-0.05, 0) is 54.1 Å². The average molecular weight is 457 g/mol.